The molecule has 1 aliphatic heterocycles. The number of carbonyl (C=O) groups is 1. The zero-order valence-corrected chi connectivity index (χ0v) is 14.7. The number of nitrogens with zero attached hydrogens (tertiary/aromatic N) is 1. The number of hydrogen-bond donors (Lipinski definition) is 2. The molecule has 0 saturated carbocycles. The molecule has 0 saturated heterocycles. The lowest BCUT2D eigenvalue weighted by Crippen LogP contribution is -2.30. The number of nitrogens with one attached hydrogen (secondary N) is 1. The fourth-order valence-electron chi connectivity index (χ4n) is 3.75. The molecule has 1 aliphatic rings. The Morgan fingerprint density at radius 1 is 1.18 bits per heavy atom. The highest BCUT2D eigenvalue weighted by Gasteiger charge is 2.35. The lowest BCUT2D eigenvalue weighted by Gasteiger charge is -2.16. The van der Waals surface area contributed by atoms with Crippen molar-refractivity contribution in [3.05, 3.63) is 69.5 Å². The van der Waals surface area contributed by atoms with Gasteiger partial charge in [0.1, 0.15) is 11.3 Å². The fourth-order valence-corrected chi connectivity index (χ4v) is 3.75. The summed E-state index contributed by atoms with van der Waals surface area (Å²) in [5, 5.41) is 13.0. The van der Waals surface area contributed by atoms with Crippen molar-refractivity contribution in [2.45, 2.75) is 25.6 Å². The van der Waals surface area contributed by atoms with Crippen LogP contribution in [0.3, 0.4) is 0 Å². The Morgan fingerprint density at radius 3 is 2.61 bits per heavy atom. The minimum Gasteiger partial charge on any atom is -0.506 e. The average Bonchev–Trinajstić information content (AvgIpc) is 2.96. The van der Waals surface area contributed by atoms with Gasteiger partial charge in [0, 0.05) is 11.4 Å². The van der Waals surface area contributed by atoms with Gasteiger partial charge in [-0.15, -0.1) is 0 Å². The van der Waals surface area contributed by atoms with Crippen LogP contribution in [-0.2, 0) is 12.6 Å². The van der Waals surface area contributed by atoms with Gasteiger partial charge in [0.05, 0.1) is 16.8 Å². The molecule has 0 aliphatic carbocycles. The van der Waals surface area contributed by atoms with Crippen molar-refractivity contribution in [2.75, 3.05) is 5.32 Å². The summed E-state index contributed by atoms with van der Waals surface area (Å²) in [7, 11) is 0. The van der Waals surface area contributed by atoms with E-state index in [1.54, 1.807) is 19.1 Å². The molecule has 1 aromatic heterocycles. The van der Waals surface area contributed by atoms with E-state index in [-0.39, 0.29) is 6.04 Å². The molecule has 0 spiro atoms. The van der Waals surface area contributed by atoms with Crippen molar-refractivity contribution in [3.8, 4) is 5.75 Å². The molecular weight excluding hydrogens is 373 g/mol. The molecule has 3 aromatic rings. The van der Waals surface area contributed by atoms with Crippen molar-refractivity contribution in [3.63, 3.8) is 0 Å². The largest absolute Gasteiger partial charge is 0.506 e. The van der Waals surface area contributed by atoms with E-state index in [0.717, 1.165) is 17.7 Å². The number of benzene rings is 2. The molecule has 2 aromatic carbocycles. The lowest BCUT2D eigenvalue weighted by atomic mass is 10.1. The molecule has 2 heterocycles. The molecule has 1 amide bonds. The van der Waals surface area contributed by atoms with Gasteiger partial charge in [0.15, 0.2) is 0 Å². The van der Waals surface area contributed by atoms with Crippen LogP contribution >= 0.6 is 0 Å². The molecule has 2 N–H and O–H groups in total. The van der Waals surface area contributed by atoms with Crippen LogP contribution in [0.4, 0.5) is 18.9 Å². The first kappa shape index (κ1) is 18.1. The van der Waals surface area contributed by atoms with Gasteiger partial charge in [0.2, 0.25) is 0 Å². The van der Waals surface area contributed by atoms with Gasteiger partial charge in [-0.3, -0.25) is 9.59 Å². The lowest BCUT2D eigenvalue weighted by molar-refractivity contribution is -0.136. The molecule has 0 radical (unpaired) electrons. The zero-order valence-electron chi connectivity index (χ0n) is 14.7. The summed E-state index contributed by atoms with van der Waals surface area (Å²) in [4.78, 5) is 25.6. The Morgan fingerprint density at radius 2 is 1.89 bits per heavy atom. The number of alkyl halides is 3. The highest BCUT2D eigenvalue weighted by Crippen LogP contribution is 2.37. The van der Waals surface area contributed by atoms with Crippen LogP contribution in [0.15, 0.2) is 47.3 Å². The van der Waals surface area contributed by atoms with E-state index in [4.69, 9.17) is 0 Å². The molecule has 0 bridgehead atoms. The van der Waals surface area contributed by atoms with Gasteiger partial charge >= 0.3 is 6.18 Å². The molecular formula is C20H15F3N2O3. The molecule has 0 fully saturated rings. The Balaban J connectivity index is 1.87. The Hall–Kier alpha value is -3.29. The first-order valence-electron chi connectivity index (χ1n) is 8.56. The number of para-hydroxylation sites is 2. The van der Waals surface area contributed by atoms with Crippen LogP contribution in [0.25, 0.3) is 10.9 Å². The molecule has 1 unspecified atom stereocenters. The van der Waals surface area contributed by atoms with Crippen LogP contribution in [-0.4, -0.2) is 15.6 Å². The van der Waals surface area contributed by atoms with Crippen LogP contribution in [0, 0.1) is 0 Å². The second kappa shape index (κ2) is 6.12. The SMILES string of the molecule is CC1Cc2cccc3c(O)c(C(=O)Nc4ccccc4C(F)(F)F)c(=O)n1c23. The maximum absolute atomic E-state index is 13.2. The molecule has 144 valence electrons. The number of carbonyl (C=O) groups excluding carboxylic acids is 1. The second-order valence-electron chi connectivity index (χ2n) is 6.76. The van der Waals surface area contributed by atoms with E-state index >= 15 is 0 Å². The third kappa shape index (κ3) is 2.64. The smallest absolute Gasteiger partial charge is 0.418 e. The van der Waals surface area contributed by atoms with Crippen molar-refractivity contribution < 1.29 is 23.1 Å². The third-order valence-corrected chi connectivity index (χ3v) is 4.95. The van der Waals surface area contributed by atoms with E-state index in [1.807, 2.05) is 6.07 Å². The van der Waals surface area contributed by atoms with Gasteiger partial charge in [-0.05, 0) is 37.1 Å². The monoisotopic (exact) mass is 388 g/mol. The summed E-state index contributed by atoms with van der Waals surface area (Å²) < 4.78 is 40.9. The Kier molecular flexibility index (Phi) is 3.95. The Bertz CT molecular complexity index is 1180. The van der Waals surface area contributed by atoms with E-state index in [0.29, 0.717) is 17.3 Å². The minimum atomic E-state index is -4.68. The number of rotatable bonds is 2. The second-order valence-corrected chi connectivity index (χ2v) is 6.76. The Labute approximate surface area is 157 Å². The first-order chi connectivity index (χ1) is 13.2. The quantitative estimate of drug-likeness (QED) is 0.695. The molecule has 4 rings (SSSR count). The average molecular weight is 388 g/mol. The fraction of sp³-hybridized carbons (Fsp3) is 0.200. The van der Waals surface area contributed by atoms with E-state index < -0.39 is 40.2 Å². The number of halogens is 3. The highest BCUT2D eigenvalue weighted by molar-refractivity contribution is 6.09. The third-order valence-electron chi connectivity index (χ3n) is 4.95. The first-order valence-corrected chi connectivity index (χ1v) is 8.56. The normalized spacial score (nSPS) is 15.8. The highest BCUT2D eigenvalue weighted by atomic mass is 19.4. The van der Waals surface area contributed by atoms with Crippen LogP contribution in [0.1, 0.15) is 34.5 Å². The summed E-state index contributed by atoms with van der Waals surface area (Å²) >= 11 is 0. The number of anilines is 1. The molecule has 28 heavy (non-hydrogen) atoms. The van der Waals surface area contributed by atoms with Gasteiger partial charge < -0.3 is 15.0 Å². The van der Waals surface area contributed by atoms with Gasteiger partial charge in [-0.25, -0.2) is 0 Å². The van der Waals surface area contributed by atoms with Crippen LogP contribution < -0.4 is 10.9 Å². The predicted octanol–water partition coefficient (Wildman–Crippen LogP) is 4.10. The van der Waals surface area contributed by atoms with Gasteiger partial charge in [-0.2, -0.15) is 13.2 Å². The summed E-state index contributed by atoms with van der Waals surface area (Å²) in [6.07, 6.45) is -4.12. The van der Waals surface area contributed by atoms with E-state index in [9.17, 15) is 27.9 Å². The summed E-state index contributed by atoms with van der Waals surface area (Å²) in [5.41, 5.74) is -1.41. The standard InChI is InChI=1S/C20H15F3N2O3/c1-10-9-11-5-4-6-12-16(11)25(10)19(28)15(17(12)26)18(27)24-14-8-3-2-7-13(14)20(21,22)23/h2-8,10,26H,9H2,1H3,(H,24,27). The number of hydrogen-bond acceptors (Lipinski definition) is 3. The topological polar surface area (TPSA) is 71.3 Å². The van der Waals surface area contributed by atoms with Crippen LogP contribution in [0.2, 0.25) is 0 Å². The minimum absolute atomic E-state index is 0.234. The zero-order chi connectivity index (χ0) is 20.2. The maximum Gasteiger partial charge on any atom is 0.418 e. The molecule has 8 heteroatoms. The van der Waals surface area contributed by atoms with Crippen molar-refractivity contribution >= 4 is 22.5 Å². The van der Waals surface area contributed by atoms with E-state index in [1.165, 1.54) is 16.7 Å². The van der Waals surface area contributed by atoms with E-state index in [2.05, 4.69) is 5.32 Å². The predicted molar refractivity (Wildman–Crippen MR) is 97.7 cm³/mol. The van der Waals surface area contributed by atoms with Crippen molar-refractivity contribution in [1.29, 1.82) is 0 Å². The number of pyridine rings is 1. The number of aromatic nitrogens is 1. The summed E-state index contributed by atoms with van der Waals surface area (Å²) in [5.74, 6) is -1.62. The maximum atomic E-state index is 13.2. The number of amides is 1. The molecule has 1 atom stereocenters. The molecule has 5 nitrogen and oxygen atoms in total. The summed E-state index contributed by atoms with van der Waals surface area (Å²) in [6.45, 7) is 1.80. The van der Waals surface area contributed by atoms with Crippen LogP contribution in [0.5, 0.6) is 5.75 Å². The van der Waals surface area contributed by atoms with Crippen molar-refractivity contribution in [2.24, 2.45) is 0 Å². The van der Waals surface area contributed by atoms with Crippen molar-refractivity contribution in [1.82, 2.24) is 4.57 Å². The summed E-state index contributed by atoms with van der Waals surface area (Å²) in [6, 6.07) is 9.33. The number of aromatic hydroxyl groups is 1. The van der Waals surface area contributed by atoms with Gasteiger partial charge in [-0.1, -0.05) is 24.3 Å². The van der Waals surface area contributed by atoms with Gasteiger partial charge in [0.25, 0.3) is 11.5 Å².